The lowest BCUT2D eigenvalue weighted by atomic mass is 9.96. The Labute approximate surface area is 101 Å². The molecule has 0 unspecified atom stereocenters. The molecule has 0 N–H and O–H groups in total. The molecule has 4 heteroatoms. The first kappa shape index (κ1) is 11.6. The number of pyridine rings is 1. The van der Waals surface area contributed by atoms with Gasteiger partial charge < -0.3 is 4.74 Å². The highest BCUT2D eigenvalue weighted by Crippen LogP contribution is 2.10. The molecule has 0 saturated carbocycles. The Morgan fingerprint density at radius 2 is 1.94 bits per heavy atom. The molecule has 0 fully saturated rings. The van der Waals surface area contributed by atoms with Gasteiger partial charge in [-0.15, -0.1) is 0 Å². The van der Waals surface area contributed by atoms with Crippen LogP contribution >= 0.6 is 0 Å². The molecule has 0 saturated heterocycles. The van der Waals surface area contributed by atoms with Gasteiger partial charge in [-0.25, -0.2) is 4.39 Å². The smallest absolute Gasteiger partial charge is 0.122 e. The van der Waals surface area contributed by atoms with Crippen LogP contribution in [-0.4, -0.2) is 19.4 Å². The van der Waals surface area contributed by atoms with Crippen molar-refractivity contribution in [2.24, 2.45) is 0 Å². The highest BCUT2D eigenvalue weighted by atomic mass is 19.1. The second kappa shape index (κ2) is 5.48. The Morgan fingerprint density at radius 1 is 1.18 bits per heavy atom. The van der Waals surface area contributed by atoms with E-state index >= 15 is 0 Å². The molecule has 1 aromatic carbocycles. The molecule has 0 atom stereocenters. The zero-order valence-corrected chi connectivity index (χ0v) is 9.27. The van der Waals surface area contributed by atoms with Crippen LogP contribution in [0.2, 0.25) is 0 Å². The van der Waals surface area contributed by atoms with Crippen molar-refractivity contribution in [1.82, 2.24) is 4.98 Å². The van der Waals surface area contributed by atoms with Crippen molar-refractivity contribution in [3.8, 4) is 5.75 Å². The van der Waals surface area contributed by atoms with Gasteiger partial charge in [-0.3, -0.25) is 4.98 Å². The van der Waals surface area contributed by atoms with Crippen LogP contribution in [0.3, 0.4) is 0 Å². The van der Waals surface area contributed by atoms with Crippen molar-refractivity contribution < 1.29 is 9.13 Å². The number of rotatable bonds is 4. The molecule has 1 heterocycles. The van der Waals surface area contributed by atoms with Crippen LogP contribution in [0.15, 0.2) is 42.7 Å². The average Bonchev–Trinajstić information content (AvgIpc) is 2.35. The van der Waals surface area contributed by atoms with Gasteiger partial charge in [0.2, 0.25) is 0 Å². The summed E-state index contributed by atoms with van der Waals surface area (Å²) in [5.41, 5.74) is 1.27. The second-order valence-electron chi connectivity index (χ2n) is 3.64. The van der Waals surface area contributed by atoms with Crippen molar-refractivity contribution in [2.75, 3.05) is 6.61 Å². The van der Waals surface area contributed by atoms with E-state index in [1.165, 1.54) is 12.1 Å². The van der Waals surface area contributed by atoms with E-state index in [1.54, 1.807) is 18.5 Å². The maximum absolute atomic E-state index is 13.1. The number of aromatic nitrogens is 1. The molecule has 0 amide bonds. The lowest BCUT2D eigenvalue weighted by Gasteiger charge is -2.07. The van der Waals surface area contributed by atoms with Crippen LogP contribution < -0.4 is 10.2 Å². The Morgan fingerprint density at radius 3 is 2.65 bits per heavy atom. The van der Waals surface area contributed by atoms with E-state index in [4.69, 9.17) is 12.6 Å². The van der Waals surface area contributed by atoms with E-state index in [1.807, 2.05) is 12.1 Å². The maximum Gasteiger partial charge on any atom is 0.122 e. The molecule has 2 rings (SSSR count). The van der Waals surface area contributed by atoms with Gasteiger partial charge in [0.05, 0.1) is 6.61 Å². The summed E-state index contributed by atoms with van der Waals surface area (Å²) in [5.74, 6) is 0.0390. The SMILES string of the molecule is [B]c1ccc(OCCc2ccncc2)cc1F. The lowest BCUT2D eigenvalue weighted by molar-refractivity contribution is 0.320. The standard InChI is InChI=1S/C13H11BFNO/c14-12-2-1-11(9-13(12)15)17-8-5-10-3-6-16-7-4-10/h1-4,6-7,9H,5,8H2. The van der Waals surface area contributed by atoms with Gasteiger partial charge in [-0.2, -0.15) is 0 Å². The summed E-state index contributed by atoms with van der Waals surface area (Å²) in [6.45, 7) is 0.493. The minimum absolute atomic E-state index is 0.131. The Bertz CT molecular complexity index is 490. The summed E-state index contributed by atoms with van der Waals surface area (Å²) in [6.07, 6.45) is 4.23. The number of hydrogen-bond donors (Lipinski definition) is 0. The van der Waals surface area contributed by atoms with Gasteiger partial charge in [0, 0.05) is 24.9 Å². The van der Waals surface area contributed by atoms with Gasteiger partial charge in [-0.05, 0) is 23.8 Å². The summed E-state index contributed by atoms with van der Waals surface area (Å²) in [6, 6.07) is 8.30. The van der Waals surface area contributed by atoms with Crippen LogP contribution in [0.25, 0.3) is 0 Å². The normalized spacial score (nSPS) is 10.2. The highest BCUT2D eigenvalue weighted by molar-refractivity contribution is 6.32. The third-order valence-electron chi connectivity index (χ3n) is 2.38. The zero-order valence-electron chi connectivity index (χ0n) is 9.27. The summed E-state index contributed by atoms with van der Waals surface area (Å²) in [4.78, 5) is 3.93. The number of hydrogen-bond acceptors (Lipinski definition) is 2. The molecule has 84 valence electrons. The van der Waals surface area contributed by atoms with Gasteiger partial charge >= 0.3 is 0 Å². The first-order chi connectivity index (χ1) is 8.25. The molecule has 0 aliphatic rings. The van der Waals surface area contributed by atoms with Crippen molar-refractivity contribution in [3.05, 3.63) is 54.1 Å². The first-order valence-corrected chi connectivity index (χ1v) is 5.32. The van der Waals surface area contributed by atoms with Crippen molar-refractivity contribution in [1.29, 1.82) is 0 Å². The Kier molecular flexibility index (Phi) is 3.75. The number of benzene rings is 1. The average molecular weight is 227 g/mol. The molecule has 2 nitrogen and oxygen atoms in total. The van der Waals surface area contributed by atoms with Gasteiger partial charge in [0.25, 0.3) is 0 Å². The maximum atomic E-state index is 13.1. The summed E-state index contributed by atoms with van der Waals surface area (Å²) in [7, 11) is 5.37. The predicted molar refractivity (Wildman–Crippen MR) is 65.2 cm³/mol. The van der Waals surface area contributed by atoms with E-state index in [0.29, 0.717) is 12.4 Å². The van der Waals surface area contributed by atoms with E-state index in [9.17, 15) is 4.39 Å². The van der Waals surface area contributed by atoms with E-state index in [0.717, 1.165) is 12.0 Å². The van der Waals surface area contributed by atoms with Crippen molar-refractivity contribution in [3.63, 3.8) is 0 Å². The fourth-order valence-corrected chi connectivity index (χ4v) is 1.43. The van der Waals surface area contributed by atoms with Crippen molar-refractivity contribution in [2.45, 2.75) is 6.42 Å². The summed E-state index contributed by atoms with van der Waals surface area (Å²) < 4.78 is 18.5. The van der Waals surface area contributed by atoms with E-state index in [2.05, 4.69) is 4.98 Å². The zero-order chi connectivity index (χ0) is 12.1. The van der Waals surface area contributed by atoms with Gasteiger partial charge in [0.1, 0.15) is 19.4 Å². The minimum Gasteiger partial charge on any atom is -0.493 e. The van der Waals surface area contributed by atoms with Crippen molar-refractivity contribution >= 4 is 13.3 Å². The van der Waals surface area contributed by atoms with Crippen LogP contribution in [0.1, 0.15) is 5.56 Å². The number of nitrogens with zero attached hydrogens (tertiary/aromatic N) is 1. The van der Waals surface area contributed by atoms with Gasteiger partial charge in [-0.1, -0.05) is 11.5 Å². The third kappa shape index (κ3) is 3.31. The number of ether oxygens (including phenoxy) is 1. The Balaban J connectivity index is 1.88. The van der Waals surface area contributed by atoms with Crippen LogP contribution in [0.5, 0.6) is 5.75 Å². The molecular weight excluding hydrogens is 216 g/mol. The third-order valence-corrected chi connectivity index (χ3v) is 2.38. The minimum atomic E-state index is -0.452. The molecule has 1 aromatic heterocycles. The van der Waals surface area contributed by atoms with Gasteiger partial charge in [0.15, 0.2) is 0 Å². The number of halogens is 1. The topological polar surface area (TPSA) is 22.1 Å². The summed E-state index contributed by atoms with van der Waals surface area (Å²) in [5, 5.41) is 0. The molecule has 0 aliphatic heterocycles. The van der Waals surface area contributed by atoms with E-state index < -0.39 is 5.82 Å². The molecule has 2 aromatic rings. The molecule has 0 aliphatic carbocycles. The lowest BCUT2D eigenvalue weighted by Crippen LogP contribution is -2.09. The second-order valence-corrected chi connectivity index (χ2v) is 3.64. The Hall–Kier alpha value is -1.84. The van der Waals surface area contributed by atoms with E-state index in [-0.39, 0.29) is 5.46 Å². The summed E-state index contributed by atoms with van der Waals surface area (Å²) >= 11 is 0. The largest absolute Gasteiger partial charge is 0.493 e. The molecule has 17 heavy (non-hydrogen) atoms. The first-order valence-electron chi connectivity index (χ1n) is 5.32. The predicted octanol–water partition coefficient (Wildman–Crippen LogP) is 1.64. The molecule has 0 bridgehead atoms. The highest BCUT2D eigenvalue weighted by Gasteiger charge is 2.00. The molecule has 0 spiro atoms. The monoisotopic (exact) mass is 227 g/mol. The van der Waals surface area contributed by atoms with Crippen LogP contribution in [-0.2, 0) is 6.42 Å². The molecule has 2 radical (unpaired) electrons. The van der Waals surface area contributed by atoms with Crippen LogP contribution in [0.4, 0.5) is 4.39 Å². The fourth-order valence-electron chi connectivity index (χ4n) is 1.43. The molecular formula is C13H11BFNO. The fraction of sp³-hybridized carbons (Fsp3) is 0.154. The van der Waals surface area contributed by atoms with Crippen LogP contribution in [0, 0.1) is 5.82 Å². The quantitative estimate of drug-likeness (QED) is 0.740.